The largest absolute Gasteiger partial charge is 0.497 e. The highest BCUT2D eigenvalue weighted by molar-refractivity contribution is 5.98. The average molecular weight is 384 g/mol. The van der Waals surface area contributed by atoms with Crippen LogP contribution in [0.2, 0.25) is 0 Å². The molecule has 0 fully saturated rings. The van der Waals surface area contributed by atoms with Crippen molar-refractivity contribution in [2.45, 2.75) is 6.42 Å². The zero-order valence-electron chi connectivity index (χ0n) is 16.1. The number of anilines is 1. The van der Waals surface area contributed by atoms with E-state index < -0.39 is 0 Å². The fraction of sp³-hybridized carbons (Fsp3) is 0.333. The fourth-order valence-electron chi connectivity index (χ4n) is 2.89. The maximum absolute atomic E-state index is 12.4. The van der Waals surface area contributed by atoms with Crippen LogP contribution < -0.4 is 19.1 Å². The Balaban J connectivity index is 1.46. The lowest BCUT2D eigenvalue weighted by Gasteiger charge is -2.29. The first-order chi connectivity index (χ1) is 13.6. The molecule has 0 bridgehead atoms. The standard InChI is InChI=1S/C21H24N2O5/c1-22(13-14-27-17-9-7-16(26-2)8-10-17)20(24)11-12-23-18-5-3-4-6-19(18)28-15-21(23)25/h3-10H,11-15H2,1-2H3. The number of carbonyl (C=O) groups is 2. The molecule has 7 nitrogen and oxygen atoms in total. The van der Waals surface area contributed by atoms with Crippen molar-refractivity contribution in [3.8, 4) is 17.2 Å². The van der Waals surface area contributed by atoms with Gasteiger partial charge in [-0.25, -0.2) is 0 Å². The minimum Gasteiger partial charge on any atom is -0.497 e. The molecule has 0 spiro atoms. The lowest BCUT2D eigenvalue weighted by molar-refractivity contribution is -0.130. The number of likely N-dealkylation sites (N-methyl/N-ethyl adjacent to an activating group) is 1. The molecule has 0 atom stereocenters. The number of fused-ring (bicyclic) bond motifs is 1. The number of para-hydroxylation sites is 2. The van der Waals surface area contributed by atoms with Gasteiger partial charge in [-0.2, -0.15) is 0 Å². The highest BCUT2D eigenvalue weighted by Gasteiger charge is 2.25. The molecule has 0 aromatic heterocycles. The second kappa shape index (κ2) is 9.12. The van der Waals surface area contributed by atoms with Gasteiger partial charge in [0, 0.05) is 20.0 Å². The number of rotatable bonds is 8. The Morgan fingerprint density at radius 1 is 1.14 bits per heavy atom. The van der Waals surface area contributed by atoms with Crippen molar-refractivity contribution in [2.75, 3.05) is 45.4 Å². The van der Waals surface area contributed by atoms with Gasteiger partial charge in [-0.1, -0.05) is 12.1 Å². The Bertz CT molecular complexity index is 822. The Hall–Kier alpha value is -3.22. The van der Waals surface area contributed by atoms with Crippen molar-refractivity contribution < 1.29 is 23.8 Å². The summed E-state index contributed by atoms with van der Waals surface area (Å²) in [5, 5.41) is 0. The van der Waals surface area contributed by atoms with Crippen LogP contribution in [0.5, 0.6) is 17.2 Å². The van der Waals surface area contributed by atoms with E-state index in [4.69, 9.17) is 14.2 Å². The topological polar surface area (TPSA) is 68.3 Å². The molecule has 0 saturated heterocycles. The number of hydrogen-bond acceptors (Lipinski definition) is 5. The van der Waals surface area contributed by atoms with Crippen molar-refractivity contribution in [3.63, 3.8) is 0 Å². The van der Waals surface area contributed by atoms with Crippen LogP contribution in [0.4, 0.5) is 5.69 Å². The number of amides is 2. The molecule has 1 aliphatic heterocycles. The van der Waals surface area contributed by atoms with Gasteiger partial charge in [-0.3, -0.25) is 9.59 Å². The van der Waals surface area contributed by atoms with Crippen molar-refractivity contribution in [2.24, 2.45) is 0 Å². The van der Waals surface area contributed by atoms with Gasteiger partial charge in [0.2, 0.25) is 5.91 Å². The van der Waals surface area contributed by atoms with E-state index in [1.54, 1.807) is 24.0 Å². The van der Waals surface area contributed by atoms with E-state index in [0.717, 1.165) is 11.5 Å². The Labute approximate surface area is 164 Å². The van der Waals surface area contributed by atoms with Crippen molar-refractivity contribution in [1.82, 2.24) is 4.90 Å². The maximum atomic E-state index is 12.4. The van der Waals surface area contributed by atoms with Crippen LogP contribution in [0.25, 0.3) is 0 Å². The molecule has 1 aliphatic rings. The van der Waals surface area contributed by atoms with Gasteiger partial charge in [0.15, 0.2) is 6.61 Å². The Morgan fingerprint density at radius 3 is 2.61 bits per heavy atom. The summed E-state index contributed by atoms with van der Waals surface area (Å²) in [4.78, 5) is 27.8. The van der Waals surface area contributed by atoms with Gasteiger partial charge in [-0.05, 0) is 36.4 Å². The second-order valence-electron chi connectivity index (χ2n) is 6.39. The lowest BCUT2D eigenvalue weighted by Crippen LogP contribution is -2.41. The van der Waals surface area contributed by atoms with E-state index in [1.807, 2.05) is 48.5 Å². The molecule has 1 heterocycles. The Morgan fingerprint density at radius 2 is 1.86 bits per heavy atom. The van der Waals surface area contributed by atoms with Crippen LogP contribution in [0.15, 0.2) is 48.5 Å². The molecule has 2 amide bonds. The summed E-state index contributed by atoms with van der Waals surface area (Å²) >= 11 is 0. The van der Waals surface area contributed by atoms with E-state index in [9.17, 15) is 9.59 Å². The second-order valence-corrected chi connectivity index (χ2v) is 6.39. The normalized spacial score (nSPS) is 12.8. The first-order valence-corrected chi connectivity index (χ1v) is 9.11. The Kier molecular flexibility index (Phi) is 6.37. The summed E-state index contributed by atoms with van der Waals surface area (Å²) in [5.41, 5.74) is 0.706. The first kappa shape index (κ1) is 19.5. The van der Waals surface area contributed by atoms with E-state index >= 15 is 0 Å². The molecule has 7 heteroatoms. The highest BCUT2D eigenvalue weighted by atomic mass is 16.5. The smallest absolute Gasteiger partial charge is 0.265 e. The molecular formula is C21H24N2O5. The van der Waals surface area contributed by atoms with E-state index in [-0.39, 0.29) is 24.8 Å². The maximum Gasteiger partial charge on any atom is 0.265 e. The predicted octanol–water partition coefficient (Wildman–Crippen LogP) is 2.35. The highest BCUT2D eigenvalue weighted by Crippen LogP contribution is 2.31. The molecule has 0 aliphatic carbocycles. The molecule has 0 saturated carbocycles. The van der Waals surface area contributed by atoms with Gasteiger partial charge in [0.05, 0.1) is 19.3 Å². The third-order valence-electron chi connectivity index (χ3n) is 4.54. The van der Waals surface area contributed by atoms with E-state index in [0.29, 0.717) is 31.1 Å². The van der Waals surface area contributed by atoms with Crippen LogP contribution in [0.1, 0.15) is 6.42 Å². The third kappa shape index (κ3) is 4.73. The van der Waals surface area contributed by atoms with Crippen molar-refractivity contribution in [3.05, 3.63) is 48.5 Å². The van der Waals surface area contributed by atoms with Gasteiger partial charge < -0.3 is 24.0 Å². The monoisotopic (exact) mass is 384 g/mol. The summed E-state index contributed by atoms with van der Waals surface area (Å²) in [7, 11) is 3.34. The summed E-state index contributed by atoms with van der Waals surface area (Å²) in [5.74, 6) is 1.96. The number of benzene rings is 2. The molecule has 0 N–H and O–H groups in total. The van der Waals surface area contributed by atoms with Crippen LogP contribution >= 0.6 is 0 Å². The van der Waals surface area contributed by atoms with Crippen molar-refractivity contribution >= 4 is 17.5 Å². The number of nitrogens with zero attached hydrogens (tertiary/aromatic N) is 2. The number of hydrogen-bond donors (Lipinski definition) is 0. The molecule has 2 aromatic rings. The van der Waals surface area contributed by atoms with Gasteiger partial charge in [-0.15, -0.1) is 0 Å². The first-order valence-electron chi connectivity index (χ1n) is 9.11. The number of carbonyl (C=O) groups excluding carboxylic acids is 2. The van der Waals surface area contributed by atoms with Gasteiger partial charge in [0.25, 0.3) is 5.91 Å². The van der Waals surface area contributed by atoms with E-state index in [2.05, 4.69) is 0 Å². The molecule has 0 radical (unpaired) electrons. The minimum absolute atomic E-state index is 0.00323. The quantitative estimate of drug-likeness (QED) is 0.699. The summed E-state index contributed by atoms with van der Waals surface area (Å²) in [6, 6.07) is 14.6. The minimum atomic E-state index is -0.142. The fourth-order valence-corrected chi connectivity index (χ4v) is 2.89. The molecule has 2 aromatic carbocycles. The van der Waals surface area contributed by atoms with Gasteiger partial charge >= 0.3 is 0 Å². The summed E-state index contributed by atoms with van der Waals surface area (Å²) < 4.78 is 16.2. The van der Waals surface area contributed by atoms with Crippen LogP contribution in [0, 0.1) is 0 Å². The zero-order chi connectivity index (χ0) is 19.9. The predicted molar refractivity (Wildman–Crippen MR) is 105 cm³/mol. The number of methoxy groups -OCH3 is 1. The van der Waals surface area contributed by atoms with Gasteiger partial charge in [0.1, 0.15) is 23.9 Å². The molecule has 148 valence electrons. The molecular weight excluding hydrogens is 360 g/mol. The van der Waals surface area contributed by atoms with Crippen LogP contribution in [-0.2, 0) is 9.59 Å². The molecule has 0 unspecified atom stereocenters. The lowest BCUT2D eigenvalue weighted by atomic mass is 10.2. The average Bonchev–Trinajstić information content (AvgIpc) is 2.73. The summed E-state index contributed by atoms with van der Waals surface area (Å²) in [6.07, 6.45) is 0.235. The molecule has 3 rings (SSSR count). The zero-order valence-corrected chi connectivity index (χ0v) is 16.1. The number of ether oxygens (including phenoxy) is 3. The SMILES string of the molecule is COc1ccc(OCCN(C)C(=O)CCN2C(=O)COc3ccccc32)cc1. The van der Waals surface area contributed by atoms with Crippen molar-refractivity contribution in [1.29, 1.82) is 0 Å². The van der Waals surface area contributed by atoms with Crippen LogP contribution in [-0.4, -0.2) is 57.2 Å². The van der Waals surface area contributed by atoms with E-state index in [1.165, 1.54) is 0 Å². The summed E-state index contributed by atoms with van der Waals surface area (Å²) in [6.45, 7) is 1.16. The molecule has 28 heavy (non-hydrogen) atoms. The third-order valence-corrected chi connectivity index (χ3v) is 4.54. The van der Waals surface area contributed by atoms with Crippen LogP contribution in [0.3, 0.4) is 0 Å².